The highest BCUT2D eigenvalue weighted by Crippen LogP contribution is 2.45. The number of phosphoric acid groups is 1. The van der Waals surface area contributed by atoms with Gasteiger partial charge >= 0.3 is 7.82 Å². The first-order valence-corrected chi connectivity index (χ1v) is 6.53. The second-order valence-corrected chi connectivity index (χ2v) is 7.59. The molecule has 4 nitrogen and oxygen atoms in total. The largest absolute Gasteiger partial charge is 0.472 e. The molecule has 0 heterocycles. The Labute approximate surface area is 92.6 Å². The average Bonchev–Trinajstić information content (AvgIpc) is 1.96. The predicted octanol–water partition coefficient (Wildman–Crippen LogP) is 3.21. The van der Waals surface area contributed by atoms with E-state index in [0.717, 1.165) is 0 Å². The monoisotopic (exact) mass is 238 g/mol. The minimum atomic E-state index is -3.89. The molecule has 0 atom stereocenters. The summed E-state index contributed by atoms with van der Waals surface area (Å²) in [6.07, 6.45) is 0. The second kappa shape index (κ2) is 4.96. The number of hydrogen-bond acceptors (Lipinski definition) is 3. The summed E-state index contributed by atoms with van der Waals surface area (Å²) in [5, 5.41) is 0. The third-order valence-corrected chi connectivity index (χ3v) is 2.23. The molecular formula is C10H23O4P. The Morgan fingerprint density at radius 2 is 1.20 bits per heavy atom. The topological polar surface area (TPSA) is 55.8 Å². The maximum atomic E-state index is 11.4. The molecule has 0 unspecified atom stereocenters. The first-order valence-electron chi connectivity index (χ1n) is 5.03. The van der Waals surface area contributed by atoms with Crippen LogP contribution in [0, 0.1) is 10.8 Å². The molecule has 0 fully saturated rings. The second-order valence-electron chi connectivity index (χ2n) is 6.14. The zero-order chi connectivity index (χ0) is 12.3. The van der Waals surface area contributed by atoms with E-state index in [-0.39, 0.29) is 24.0 Å². The van der Waals surface area contributed by atoms with E-state index in [4.69, 9.17) is 9.05 Å². The zero-order valence-electron chi connectivity index (χ0n) is 10.5. The van der Waals surface area contributed by atoms with E-state index < -0.39 is 7.82 Å². The Hall–Kier alpha value is 0.110. The lowest BCUT2D eigenvalue weighted by molar-refractivity contribution is 0.0877. The van der Waals surface area contributed by atoms with Crippen molar-refractivity contribution in [3.05, 3.63) is 0 Å². The van der Waals surface area contributed by atoms with E-state index in [2.05, 4.69) is 0 Å². The lowest BCUT2D eigenvalue weighted by atomic mass is 9.99. The van der Waals surface area contributed by atoms with Gasteiger partial charge in [0.2, 0.25) is 0 Å². The lowest BCUT2D eigenvalue weighted by Gasteiger charge is -2.23. The molecular weight excluding hydrogens is 215 g/mol. The quantitative estimate of drug-likeness (QED) is 0.764. The molecule has 0 amide bonds. The molecule has 0 aliphatic heterocycles. The smallest absolute Gasteiger partial charge is 0.302 e. The third kappa shape index (κ3) is 10.4. The van der Waals surface area contributed by atoms with Crippen LogP contribution in [0.15, 0.2) is 0 Å². The van der Waals surface area contributed by atoms with Gasteiger partial charge in [-0.05, 0) is 10.8 Å². The molecule has 0 rings (SSSR count). The molecule has 0 aromatic rings. The molecule has 0 saturated carbocycles. The summed E-state index contributed by atoms with van der Waals surface area (Å²) in [5.41, 5.74) is -0.299. The summed E-state index contributed by atoms with van der Waals surface area (Å²) in [6, 6.07) is 0. The summed E-state index contributed by atoms with van der Waals surface area (Å²) in [7, 11) is -3.89. The minimum Gasteiger partial charge on any atom is -0.302 e. The molecule has 0 saturated heterocycles. The molecule has 0 aliphatic rings. The van der Waals surface area contributed by atoms with E-state index in [1.54, 1.807) is 0 Å². The Kier molecular flexibility index (Phi) is 5.00. The van der Waals surface area contributed by atoms with Crippen LogP contribution in [0.3, 0.4) is 0 Å². The van der Waals surface area contributed by atoms with Crippen LogP contribution in [-0.2, 0) is 13.6 Å². The summed E-state index contributed by atoms with van der Waals surface area (Å²) in [4.78, 5) is 9.35. The van der Waals surface area contributed by atoms with Crippen LogP contribution < -0.4 is 0 Å². The Morgan fingerprint density at radius 1 is 0.933 bits per heavy atom. The van der Waals surface area contributed by atoms with Crippen molar-refractivity contribution in [3.8, 4) is 0 Å². The SMILES string of the molecule is CC(C)(C)COP(=O)(O)OCC(C)(C)C. The van der Waals surface area contributed by atoms with Crippen molar-refractivity contribution in [1.29, 1.82) is 0 Å². The fourth-order valence-electron chi connectivity index (χ4n) is 0.588. The number of phosphoric ester groups is 1. The van der Waals surface area contributed by atoms with Gasteiger partial charge in [0.1, 0.15) is 0 Å². The first kappa shape index (κ1) is 15.1. The van der Waals surface area contributed by atoms with Crippen molar-refractivity contribution >= 4 is 7.82 Å². The molecule has 5 heteroatoms. The summed E-state index contributed by atoms with van der Waals surface area (Å²) in [6.45, 7) is 12.0. The van der Waals surface area contributed by atoms with E-state index in [9.17, 15) is 9.46 Å². The molecule has 1 N–H and O–H groups in total. The van der Waals surface area contributed by atoms with Crippen molar-refractivity contribution in [3.63, 3.8) is 0 Å². The van der Waals surface area contributed by atoms with Gasteiger partial charge < -0.3 is 4.89 Å². The maximum Gasteiger partial charge on any atom is 0.472 e. The highest BCUT2D eigenvalue weighted by Gasteiger charge is 2.26. The maximum absolute atomic E-state index is 11.4. The van der Waals surface area contributed by atoms with Crippen LogP contribution in [0.4, 0.5) is 0 Å². The van der Waals surface area contributed by atoms with Crippen molar-refractivity contribution < 1.29 is 18.5 Å². The molecule has 0 aromatic heterocycles. The van der Waals surface area contributed by atoms with Crippen LogP contribution in [0.1, 0.15) is 41.5 Å². The first-order chi connectivity index (χ1) is 6.41. The van der Waals surface area contributed by atoms with E-state index in [1.165, 1.54) is 0 Å². The Balaban J connectivity index is 4.04. The number of hydrogen-bond donors (Lipinski definition) is 1. The molecule has 92 valence electrons. The van der Waals surface area contributed by atoms with Crippen LogP contribution in [0.5, 0.6) is 0 Å². The summed E-state index contributed by atoms with van der Waals surface area (Å²) < 4.78 is 21.2. The van der Waals surface area contributed by atoms with E-state index in [1.807, 2.05) is 41.5 Å². The average molecular weight is 238 g/mol. The fourth-order valence-corrected chi connectivity index (χ4v) is 1.76. The predicted molar refractivity (Wildman–Crippen MR) is 60.6 cm³/mol. The van der Waals surface area contributed by atoms with Crippen molar-refractivity contribution in [2.75, 3.05) is 13.2 Å². The molecule has 0 aromatic carbocycles. The highest BCUT2D eigenvalue weighted by atomic mass is 31.2. The fraction of sp³-hybridized carbons (Fsp3) is 1.00. The van der Waals surface area contributed by atoms with Crippen LogP contribution in [-0.4, -0.2) is 18.1 Å². The Morgan fingerprint density at radius 3 is 1.40 bits per heavy atom. The minimum absolute atomic E-state index is 0.149. The summed E-state index contributed by atoms with van der Waals surface area (Å²) >= 11 is 0. The molecule has 15 heavy (non-hydrogen) atoms. The molecule has 0 radical (unpaired) electrons. The lowest BCUT2D eigenvalue weighted by Crippen LogP contribution is -2.17. The van der Waals surface area contributed by atoms with Crippen molar-refractivity contribution in [1.82, 2.24) is 0 Å². The van der Waals surface area contributed by atoms with Crippen LogP contribution in [0.25, 0.3) is 0 Å². The van der Waals surface area contributed by atoms with Gasteiger partial charge in [-0.3, -0.25) is 9.05 Å². The van der Waals surface area contributed by atoms with Gasteiger partial charge in [-0.25, -0.2) is 4.57 Å². The van der Waals surface area contributed by atoms with Crippen molar-refractivity contribution in [2.24, 2.45) is 10.8 Å². The van der Waals surface area contributed by atoms with Gasteiger partial charge in [-0.2, -0.15) is 0 Å². The molecule has 0 spiro atoms. The van der Waals surface area contributed by atoms with Crippen LogP contribution >= 0.6 is 7.82 Å². The van der Waals surface area contributed by atoms with Gasteiger partial charge in [0.25, 0.3) is 0 Å². The highest BCUT2D eigenvalue weighted by molar-refractivity contribution is 7.47. The Bertz CT molecular complexity index is 215. The third-order valence-electron chi connectivity index (χ3n) is 1.32. The van der Waals surface area contributed by atoms with Gasteiger partial charge in [0, 0.05) is 0 Å². The van der Waals surface area contributed by atoms with E-state index in [0.29, 0.717) is 0 Å². The van der Waals surface area contributed by atoms with E-state index >= 15 is 0 Å². The molecule has 0 bridgehead atoms. The van der Waals surface area contributed by atoms with Gasteiger partial charge in [-0.1, -0.05) is 41.5 Å². The van der Waals surface area contributed by atoms with Gasteiger partial charge in [-0.15, -0.1) is 0 Å². The zero-order valence-corrected chi connectivity index (χ0v) is 11.4. The molecule has 0 aliphatic carbocycles. The van der Waals surface area contributed by atoms with Crippen LogP contribution in [0.2, 0.25) is 0 Å². The number of rotatable bonds is 4. The van der Waals surface area contributed by atoms with Gasteiger partial charge in [0.15, 0.2) is 0 Å². The standard InChI is InChI=1S/C10H23O4P/c1-9(2,3)7-13-15(11,12)14-8-10(4,5)6/h7-8H2,1-6H3,(H,11,12). The van der Waals surface area contributed by atoms with Crippen molar-refractivity contribution in [2.45, 2.75) is 41.5 Å². The summed E-state index contributed by atoms with van der Waals surface area (Å²) in [5.74, 6) is 0. The van der Waals surface area contributed by atoms with Gasteiger partial charge in [0.05, 0.1) is 13.2 Å². The normalized spacial score (nSPS) is 14.3.